The molecule has 0 atom stereocenters. The summed E-state index contributed by atoms with van der Waals surface area (Å²) in [7, 11) is -3.83. The molecule has 0 saturated carbocycles. The molecule has 4 aromatic rings. The summed E-state index contributed by atoms with van der Waals surface area (Å²) in [6, 6.07) is 17.7. The monoisotopic (exact) mass is 494 g/mol. The van der Waals surface area contributed by atoms with Crippen LogP contribution in [0.5, 0.6) is 0 Å². The molecule has 0 fully saturated rings. The lowest BCUT2D eigenvalue weighted by Gasteiger charge is -2.09. The zero-order valence-corrected chi connectivity index (χ0v) is 19.1. The van der Waals surface area contributed by atoms with Crippen LogP contribution in [0.25, 0.3) is 11.5 Å². The summed E-state index contributed by atoms with van der Waals surface area (Å²) in [6.45, 7) is 1.58. The first-order chi connectivity index (χ1) is 16.7. The van der Waals surface area contributed by atoms with Gasteiger partial charge in [-0.1, -0.05) is 17.7 Å². The first-order valence-corrected chi connectivity index (χ1v) is 11.6. The van der Waals surface area contributed by atoms with Gasteiger partial charge < -0.3 is 9.15 Å². The molecular formula is C23H18N4O7S. The Morgan fingerprint density at radius 3 is 2.29 bits per heavy atom. The molecular weight excluding hydrogens is 476 g/mol. The van der Waals surface area contributed by atoms with Crippen LogP contribution in [0.2, 0.25) is 0 Å². The molecule has 1 heterocycles. The van der Waals surface area contributed by atoms with Gasteiger partial charge in [-0.3, -0.25) is 14.8 Å². The number of nitro benzene ring substituents is 1. The summed E-state index contributed by atoms with van der Waals surface area (Å²) in [5, 5.41) is 18.4. The highest BCUT2D eigenvalue weighted by molar-refractivity contribution is 7.92. The number of aromatic nitrogens is 2. The Bertz CT molecular complexity index is 1460. The molecule has 0 spiro atoms. The molecule has 35 heavy (non-hydrogen) atoms. The minimum atomic E-state index is -3.83. The van der Waals surface area contributed by atoms with Crippen LogP contribution in [-0.2, 0) is 21.4 Å². The lowest BCUT2D eigenvalue weighted by atomic mass is 10.2. The van der Waals surface area contributed by atoms with E-state index >= 15 is 0 Å². The van der Waals surface area contributed by atoms with Crippen molar-refractivity contribution in [1.82, 2.24) is 10.2 Å². The van der Waals surface area contributed by atoms with E-state index in [0.29, 0.717) is 11.3 Å². The number of nitro groups is 1. The number of benzene rings is 3. The van der Waals surface area contributed by atoms with E-state index in [1.807, 2.05) is 6.92 Å². The van der Waals surface area contributed by atoms with E-state index in [4.69, 9.17) is 9.15 Å². The van der Waals surface area contributed by atoms with Crippen molar-refractivity contribution in [2.75, 3.05) is 4.72 Å². The van der Waals surface area contributed by atoms with Gasteiger partial charge in [-0.15, -0.1) is 10.2 Å². The third kappa shape index (κ3) is 5.68. The van der Waals surface area contributed by atoms with Gasteiger partial charge in [-0.25, -0.2) is 13.2 Å². The van der Waals surface area contributed by atoms with Gasteiger partial charge in [0.05, 0.1) is 15.4 Å². The fourth-order valence-electron chi connectivity index (χ4n) is 2.97. The summed E-state index contributed by atoms with van der Waals surface area (Å²) in [5.74, 6) is -0.578. The summed E-state index contributed by atoms with van der Waals surface area (Å²) in [5.41, 5.74) is 1.95. The van der Waals surface area contributed by atoms with Gasteiger partial charge in [0.15, 0.2) is 6.61 Å². The Morgan fingerprint density at radius 1 is 1.00 bits per heavy atom. The third-order valence-electron chi connectivity index (χ3n) is 4.82. The molecule has 0 amide bonds. The smallest absolute Gasteiger partial charge is 0.338 e. The molecule has 0 saturated heterocycles. The molecule has 11 nitrogen and oxygen atoms in total. The second-order valence-electron chi connectivity index (χ2n) is 7.38. The number of anilines is 1. The van der Waals surface area contributed by atoms with Crippen LogP contribution in [0.15, 0.2) is 82.1 Å². The first-order valence-electron chi connectivity index (χ1n) is 10.2. The number of esters is 1. The molecule has 0 radical (unpaired) electrons. The number of carbonyl (C=O) groups excluding carboxylic acids is 1. The Hall–Kier alpha value is -4.58. The topological polar surface area (TPSA) is 155 Å². The van der Waals surface area contributed by atoms with Crippen molar-refractivity contribution < 1.29 is 27.3 Å². The largest absolute Gasteiger partial charge is 0.452 e. The molecule has 0 bridgehead atoms. The average Bonchev–Trinajstić information content (AvgIpc) is 3.33. The standard InChI is InChI=1S/C23H18N4O7S/c1-15-2-8-18(9-3-15)26-35(31,32)20-12-6-17(7-13-20)23(28)33-14-21-24-25-22(34-21)16-4-10-19(11-5-16)27(29)30/h2-13,26H,14H2,1H3. The van der Waals surface area contributed by atoms with Crippen LogP contribution < -0.4 is 4.72 Å². The van der Waals surface area contributed by atoms with E-state index in [1.165, 1.54) is 48.5 Å². The van der Waals surface area contributed by atoms with Crippen LogP contribution in [-0.4, -0.2) is 29.5 Å². The Balaban J connectivity index is 1.36. The highest BCUT2D eigenvalue weighted by atomic mass is 32.2. The predicted molar refractivity (Wildman–Crippen MR) is 124 cm³/mol. The summed E-state index contributed by atoms with van der Waals surface area (Å²) >= 11 is 0. The maximum Gasteiger partial charge on any atom is 0.338 e. The minimum absolute atomic E-state index is 0.0146. The molecule has 1 N–H and O–H groups in total. The predicted octanol–water partition coefficient (Wildman–Crippen LogP) is 4.11. The molecule has 0 aliphatic carbocycles. The average molecular weight is 494 g/mol. The molecule has 3 aromatic carbocycles. The van der Waals surface area contributed by atoms with Crippen LogP contribution in [0.3, 0.4) is 0 Å². The zero-order chi connectivity index (χ0) is 25.0. The van der Waals surface area contributed by atoms with E-state index in [2.05, 4.69) is 14.9 Å². The highest BCUT2D eigenvalue weighted by Crippen LogP contribution is 2.22. The van der Waals surface area contributed by atoms with E-state index in [-0.39, 0.29) is 34.5 Å². The quantitative estimate of drug-likeness (QED) is 0.216. The number of nitrogens with one attached hydrogen (secondary N) is 1. The van der Waals surface area contributed by atoms with Crippen molar-refractivity contribution in [2.45, 2.75) is 18.4 Å². The van der Waals surface area contributed by atoms with Gasteiger partial charge in [0.1, 0.15) is 0 Å². The summed E-state index contributed by atoms with van der Waals surface area (Å²) in [6.07, 6.45) is 0. The SMILES string of the molecule is Cc1ccc(NS(=O)(=O)c2ccc(C(=O)OCc3nnc(-c4ccc([N+](=O)[O-])cc4)o3)cc2)cc1. The number of carbonyl (C=O) groups is 1. The maximum atomic E-state index is 12.6. The number of nitrogens with zero attached hydrogens (tertiary/aromatic N) is 3. The number of ether oxygens (including phenoxy) is 1. The molecule has 0 unspecified atom stereocenters. The van der Waals surface area contributed by atoms with Crippen molar-refractivity contribution in [3.05, 3.63) is 99.9 Å². The second kappa shape index (κ2) is 9.73. The molecule has 0 aliphatic rings. The maximum absolute atomic E-state index is 12.6. The normalized spacial score (nSPS) is 11.1. The Labute approximate surface area is 199 Å². The number of non-ortho nitro benzene ring substituents is 1. The van der Waals surface area contributed by atoms with Gasteiger partial charge in [0.25, 0.3) is 21.6 Å². The van der Waals surface area contributed by atoms with E-state index in [9.17, 15) is 23.3 Å². The Kier molecular flexibility index (Phi) is 6.55. The van der Waals surface area contributed by atoms with Crippen molar-refractivity contribution in [2.24, 2.45) is 0 Å². The van der Waals surface area contributed by atoms with E-state index < -0.39 is 20.9 Å². The second-order valence-corrected chi connectivity index (χ2v) is 9.06. The number of hydrogen-bond acceptors (Lipinski definition) is 9. The van der Waals surface area contributed by atoms with Crippen LogP contribution in [0, 0.1) is 17.0 Å². The Morgan fingerprint density at radius 2 is 1.66 bits per heavy atom. The van der Waals surface area contributed by atoms with E-state index in [1.54, 1.807) is 24.3 Å². The van der Waals surface area contributed by atoms with Crippen molar-refractivity contribution >= 4 is 27.4 Å². The van der Waals surface area contributed by atoms with Crippen molar-refractivity contribution in [1.29, 1.82) is 0 Å². The van der Waals surface area contributed by atoms with Crippen LogP contribution >= 0.6 is 0 Å². The summed E-state index contributed by atoms with van der Waals surface area (Å²) in [4.78, 5) is 22.5. The van der Waals surface area contributed by atoms with Gasteiger partial charge in [0, 0.05) is 23.4 Å². The lowest BCUT2D eigenvalue weighted by Crippen LogP contribution is -2.13. The highest BCUT2D eigenvalue weighted by Gasteiger charge is 2.17. The molecule has 12 heteroatoms. The van der Waals surface area contributed by atoms with Gasteiger partial charge in [0.2, 0.25) is 5.89 Å². The number of rotatable bonds is 8. The molecule has 178 valence electrons. The summed E-state index contributed by atoms with van der Waals surface area (Å²) < 4.78 is 38.2. The van der Waals surface area contributed by atoms with Crippen molar-refractivity contribution in [3.63, 3.8) is 0 Å². The minimum Gasteiger partial charge on any atom is -0.452 e. The number of hydrogen-bond donors (Lipinski definition) is 1. The van der Waals surface area contributed by atoms with Gasteiger partial charge in [-0.05, 0) is 55.5 Å². The lowest BCUT2D eigenvalue weighted by molar-refractivity contribution is -0.384. The van der Waals surface area contributed by atoms with Gasteiger partial charge in [-0.2, -0.15) is 0 Å². The van der Waals surface area contributed by atoms with Crippen LogP contribution in [0.1, 0.15) is 21.8 Å². The van der Waals surface area contributed by atoms with Crippen molar-refractivity contribution in [3.8, 4) is 11.5 Å². The van der Waals surface area contributed by atoms with Crippen LogP contribution in [0.4, 0.5) is 11.4 Å². The first kappa shape index (κ1) is 23.6. The fourth-order valence-corrected chi connectivity index (χ4v) is 4.03. The van der Waals surface area contributed by atoms with E-state index in [0.717, 1.165) is 5.56 Å². The number of sulfonamides is 1. The third-order valence-corrected chi connectivity index (χ3v) is 6.22. The fraction of sp³-hybridized carbons (Fsp3) is 0.0870. The number of aryl methyl sites for hydroxylation is 1. The molecule has 4 rings (SSSR count). The van der Waals surface area contributed by atoms with Gasteiger partial charge >= 0.3 is 5.97 Å². The molecule has 0 aliphatic heterocycles. The zero-order valence-electron chi connectivity index (χ0n) is 18.2. The molecule has 1 aromatic heterocycles.